The Morgan fingerprint density at radius 2 is 2.07 bits per heavy atom. The largest absolute Gasteiger partial charge is 0.404 e. The molecule has 0 spiro atoms. The lowest BCUT2D eigenvalue weighted by molar-refractivity contribution is 0.479. The topological polar surface area (TPSA) is 88.5 Å². The number of nitrogens with two attached hydrogens (primary N) is 2. The normalized spacial score (nSPS) is 17.8. The van der Waals surface area contributed by atoms with Crippen LogP contribution in [-0.2, 0) is 0 Å². The summed E-state index contributed by atoms with van der Waals surface area (Å²) in [5.41, 5.74) is 14.8. The summed E-state index contributed by atoms with van der Waals surface area (Å²) in [4.78, 5) is 4.52. The van der Waals surface area contributed by atoms with E-state index in [1.54, 1.807) is 18.5 Å². The molecule has 0 saturated carbocycles. The molecule has 1 aliphatic heterocycles. The molecule has 1 aromatic rings. The fourth-order valence-corrected chi connectivity index (χ4v) is 3.17. The van der Waals surface area contributed by atoms with Crippen LogP contribution in [0.3, 0.4) is 0 Å². The van der Waals surface area contributed by atoms with Gasteiger partial charge in [0.2, 0.25) is 0 Å². The third kappa shape index (κ3) is 6.00. The van der Waals surface area contributed by atoms with Crippen LogP contribution in [0.5, 0.6) is 0 Å². The summed E-state index contributed by atoms with van der Waals surface area (Å²) >= 11 is 0. The fourth-order valence-electron chi connectivity index (χ4n) is 3.17. The Kier molecular flexibility index (Phi) is 8.14. The molecular formula is C22H33N5. The van der Waals surface area contributed by atoms with E-state index in [0.717, 1.165) is 59.7 Å². The molecule has 0 unspecified atom stereocenters. The van der Waals surface area contributed by atoms with Crippen LogP contribution in [0, 0.1) is 5.92 Å². The zero-order chi connectivity index (χ0) is 19.6. The molecule has 2 rings (SSSR count). The van der Waals surface area contributed by atoms with Crippen molar-refractivity contribution in [3.63, 3.8) is 0 Å². The van der Waals surface area contributed by atoms with Gasteiger partial charge in [-0.2, -0.15) is 0 Å². The highest BCUT2D eigenvalue weighted by Gasteiger charge is 2.14. The number of hydrogen-bond donors (Lipinski definition) is 4. The first-order valence-corrected chi connectivity index (χ1v) is 9.67. The van der Waals surface area contributed by atoms with Crippen molar-refractivity contribution in [1.82, 2.24) is 5.32 Å². The number of allylic oxidation sites excluding steroid dienone is 2. The number of piperidine rings is 1. The molecule has 0 amide bonds. The SMILES string of the molecule is C=C/C=c1/cc(C(C=NCC(C)C)=CN)cc(NC2CCNCC2)/c1=C/N. The third-order valence-electron chi connectivity index (χ3n) is 4.59. The van der Waals surface area contributed by atoms with Crippen molar-refractivity contribution in [1.29, 1.82) is 0 Å². The van der Waals surface area contributed by atoms with Gasteiger partial charge in [0.1, 0.15) is 0 Å². The van der Waals surface area contributed by atoms with Crippen LogP contribution in [0.1, 0.15) is 32.3 Å². The highest BCUT2D eigenvalue weighted by atomic mass is 15.0. The van der Waals surface area contributed by atoms with Gasteiger partial charge in [-0.1, -0.05) is 32.6 Å². The van der Waals surface area contributed by atoms with Crippen LogP contribution < -0.4 is 32.5 Å². The van der Waals surface area contributed by atoms with Crippen molar-refractivity contribution in [2.75, 3.05) is 25.0 Å². The van der Waals surface area contributed by atoms with Crippen molar-refractivity contribution in [3.8, 4) is 0 Å². The van der Waals surface area contributed by atoms with Gasteiger partial charge < -0.3 is 22.1 Å². The molecule has 1 aromatic carbocycles. The van der Waals surface area contributed by atoms with Crippen LogP contribution in [0.4, 0.5) is 5.69 Å². The molecule has 1 saturated heterocycles. The second kappa shape index (κ2) is 10.6. The molecule has 6 N–H and O–H groups in total. The Morgan fingerprint density at radius 3 is 2.67 bits per heavy atom. The van der Waals surface area contributed by atoms with E-state index < -0.39 is 0 Å². The number of benzene rings is 1. The van der Waals surface area contributed by atoms with E-state index in [9.17, 15) is 0 Å². The molecule has 1 aliphatic rings. The van der Waals surface area contributed by atoms with Gasteiger partial charge in [0.15, 0.2) is 0 Å². The van der Waals surface area contributed by atoms with Gasteiger partial charge in [0.05, 0.1) is 0 Å². The van der Waals surface area contributed by atoms with Gasteiger partial charge >= 0.3 is 0 Å². The summed E-state index contributed by atoms with van der Waals surface area (Å²) in [5, 5.41) is 9.06. The molecule has 146 valence electrons. The van der Waals surface area contributed by atoms with Gasteiger partial charge in [0.25, 0.3) is 0 Å². The molecule has 0 radical (unpaired) electrons. The predicted octanol–water partition coefficient (Wildman–Crippen LogP) is 1.54. The highest BCUT2D eigenvalue weighted by Crippen LogP contribution is 2.15. The standard InChI is InChI=1S/C22H33N5/c1-4-5-17-10-18(19(12-23)15-26-14-16(2)3)11-22(21(17)13-24)27-20-6-8-25-9-7-20/h4-5,10-13,15-16,20,25,27H,1,6-9,14,23-24H2,2-3H3/b17-5-,19-12?,21-13+,26-15?. The maximum atomic E-state index is 5.96. The van der Waals surface area contributed by atoms with Crippen LogP contribution in [0.2, 0.25) is 0 Å². The van der Waals surface area contributed by atoms with Gasteiger partial charge in [0, 0.05) is 47.7 Å². The fraction of sp³-hybridized carbons (Fsp3) is 0.409. The van der Waals surface area contributed by atoms with Crippen LogP contribution in [-0.4, -0.2) is 31.9 Å². The number of aliphatic imine (C=N–C) groups is 1. The molecule has 0 bridgehead atoms. The van der Waals surface area contributed by atoms with E-state index >= 15 is 0 Å². The van der Waals surface area contributed by atoms with Crippen molar-refractivity contribution in [3.05, 3.63) is 47.0 Å². The number of anilines is 1. The zero-order valence-corrected chi connectivity index (χ0v) is 16.5. The molecular weight excluding hydrogens is 334 g/mol. The predicted molar refractivity (Wildman–Crippen MR) is 119 cm³/mol. The number of rotatable bonds is 7. The molecule has 0 atom stereocenters. The number of hydrogen-bond acceptors (Lipinski definition) is 5. The second-order valence-electron chi connectivity index (χ2n) is 7.27. The Balaban J connectivity index is 2.47. The van der Waals surface area contributed by atoms with E-state index in [-0.39, 0.29) is 0 Å². The second-order valence-corrected chi connectivity index (χ2v) is 7.27. The minimum absolute atomic E-state index is 0.427. The van der Waals surface area contributed by atoms with Crippen molar-refractivity contribution in [2.45, 2.75) is 32.7 Å². The van der Waals surface area contributed by atoms with Crippen molar-refractivity contribution >= 4 is 29.8 Å². The molecule has 1 fully saturated rings. The average Bonchev–Trinajstić information content (AvgIpc) is 2.66. The lowest BCUT2D eigenvalue weighted by Gasteiger charge is -2.25. The van der Waals surface area contributed by atoms with Crippen LogP contribution >= 0.6 is 0 Å². The van der Waals surface area contributed by atoms with Gasteiger partial charge in [-0.25, -0.2) is 0 Å². The summed E-state index contributed by atoms with van der Waals surface area (Å²) in [6, 6.07) is 4.62. The third-order valence-corrected chi connectivity index (χ3v) is 4.59. The van der Waals surface area contributed by atoms with Crippen molar-refractivity contribution < 1.29 is 0 Å². The smallest absolute Gasteiger partial charge is 0.0442 e. The van der Waals surface area contributed by atoms with Gasteiger partial charge in [-0.05, 0) is 54.8 Å². The maximum Gasteiger partial charge on any atom is 0.0442 e. The summed E-state index contributed by atoms with van der Waals surface area (Å²) in [6.45, 7) is 11.0. The van der Waals surface area contributed by atoms with E-state index in [2.05, 4.69) is 48.2 Å². The summed E-state index contributed by atoms with van der Waals surface area (Å²) in [6.07, 6.45) is 11.0. The first-order chi connectivity index (χ1) is 13.1. The van der Waals surface area contributed by atoms with E-state index in [1.165, 1.54) is 0 Å². The first-order valence-electron chi connectivity index (χ1n) is 9.67. The Morgan fingerprint density at radius 1 is 1.33 bits per heavy atom. The van der Waals surface area contributed by atoms with Gasteiger partial charge in [-0.15, -0.1) is 0 Å². The summed E-state index contributed by atoms with van der Waals surface area (Å²) < 4.78 is 0. The molecule has 5 nitrogen and oxygen atoms in total. The van der Waals surface area contributed by atoms with Gasteiger partial charge in [-0.3, -0.25) is 4.99 Å². The quantitative estimate of drug-likeness (QED) is 0.551. The lowest BCUT2D eigenvalue weighted by Crippen LogP contribution is -2.38. The van der Waals surface area contributed by atoms with Crippen molar-refractivity contribution in [2.24, 2.45) is 22.4 Å². The van der Waals surface area contributed by atoms with E-state index in [1.807, 2.05) is 12.3 Å². The number of nitrogens with one attached hydrogen (secondary N) is 2. The number of nitrogens with zero attached hydrogens (tertiary/aromatic N) is 1. The van der Waals surface area contributed by atoms with Crippen LogP contribution in [0.15, 0.2) is 36.0 Å². The molecule has 1 heterocycles. The van der Waals surface area contributed by atoms with Crippen LogP contribution in [0.25, 0.3) is 17.8 Å². The molecule has 0 aliphatic carbocycles. The maximum absolute atomic E-state index is 5.96. The minimum atomic E-state index is 0.427. The first kappa shape index (κ1) is 20.8. The molecule has 5 heteroatoms. The monoisotopic (exact) mass is 367 g/mol. The summed E-state index contributed by atoms with van der Waals surface area (Å²) in [5.74, 6) is 0.510. The lowest BCUT2D eigenvalue weighted by atomic mass is 10.0. The van der Waals surface area contributed by atoms with E-state index in [0.29, 0.717) is 12.0 Å². The average molecular weight is 368 g/mol. The Labute approximate surface area is 162 Å². The minimum Gasteiger partial charge on any atom is -0.404 e. The Bertz CT molecular complexity index is 799. The molecule has 0 aromatic heterocycles. The zero-order valence-electron chi connectivity index (χ0n) is 16.5. The Hall–Kier alpha value is -2.53. The highest BCUT2D eigenvalue weighted by molar-refractivity contribution is 6.09. The molecule has 27 heavy (non-hydrogen) atoms. The van der Waals surface area contributed by atoms with E-state index in [4.69, 9.17) is 11.5 Å². The summed E-state index contributed by atoms with van der Waals surface area (Å²) in [7, 11) is 0.